The first-order valence-corrected chi connectivity index (χ1v) is 8.95. The Labute approximate surface area is 167 Å². The predicted molar refractivity (Wildman–Crippen MR) is 98.4 cm³/mol. The molecule has 1 aromatic carbocycles. The molecule has 1 aliphatic heterocycles. The molecule has 2 N–H and O–H groups in total. The lowest BCUT2D eigenvalue weighted by atomic mass is 10.1. The van der Waals surface area contributed by atoms with E-state index in [1.165, 1.54) is 23.1 Å². The van der Waals surface area contributed by atoms with Gasteiger partial charge in [-0.1, -0.05) is 18.2 Å². The van der Waals surface area contributed by atoms with E-state index in [2.05, 4.69) is 5.32 Å². The predicted octanol–water partition coefficient (Wildman–Crippen LogP) is -0.229. The van der Waals surface area contributed by atoms with Crippen LogP contribution in [0.1, 0.15) is 25.8 Å². The number of carbonyl (C=O) groups is 4. The van der Waals surface area contributed by atoms with Crippen LogP contribution >= 0.6 is 0 Å². The van der Waals surface area contributed by atoms with E-state index in [0.29, 0.717) is 4.90 Å². The molecule has 2 rings (SSSR count). The maximum absolute atomic E-state index is 13.8. The smallest absolute Gasteiger partial charge is 0.337 e. The highest BCUT2D eigenvalue weighted by Gasteiger charge is 2.55. The lowest BCUT2D eigenvalue weighted by molar-refractivity contribution is -0.197. The van der Waals surface area contributed by atoms with E-state index >= 15 is 0 Å². The summed E-state index contributed by atoms with van der Waals surface area (Å²) in [7, 11) is 3.19. The summed E-state index contributed by atoms with van der Waals surface area (Å²) in [5.41, 5.74) is -2.19. The zero-order valence-corrected chi connectivity index (χ0v) is 16.6. The molecule has 0 spiro atoms. The number of nitrogens with one attached hydrogen (secondary N) is 1. The highest BCUT2D eigenvalue weighted by molar-refractivity contribution is 6.09. The maximum Gasteiger partial charge on any atom is 0.337 e. The molecule has 0 saturated carbocycles. The SMILES string of the molecule is CC(O)C(=O)O[C@@](C)(C(=O)NCc1ccccc1F)N1C(=O)C[C@H](N(C)C)C1=O. The number of esters is 1. The molecule has 3 atom stereocenters. The third kappa shape index (κ3) is 4.60. The number of benzene rings is 1. The fourth-order valence-electron chi connectivity index (χ4n) is 2.92. The van der Waals surface area contributed by atoms with Gasteiger partial charge in [-0.15, -0.1) is 0 Å². The molecular formula is C19H24FN3O6. The molecule has 1 heterocycles. The van der Waals surface area contributed by atoms with Crippen molar-refractivity contribution >= 4 is 23.7 Å². The van der Waals surface area contributed by atoms with Crippen molar-refractivity contribution in [2.75, 3.05) is 14.1 Å². The van der Waals surface area contributed by atoms with Gasteiger partial charge < -0.3 is 15.2 Å². The molecule has 29 heavy (non-hydrogen) atoms. The van der Waals surface area contributed by atoms with Crippen LogP contribution in [0.2, 0.25) is 0 Å². The van der Waals surface area contributed by atoms with E-state index in [1.54, 1.807) is 20.2 Å². The third-order valence-electron chi connectivity index (χ3n) is 4.63. The molecule has 0 bridgehead atoms. The van der Waals surface area contributed by atoms with Crippen LogP contribution < -0.4 is 5.32 Å². The first kappa shape index (κ1) is 22.4. The number of imide groups is 1. The number of nitrogens with zero attached hydrogens (tertiary/aromatic N) is 2. The van der Waals surface area contributed by atoms with Crippen LogP contribution in [0.4, 0.5) is 4.39 Å². The molecule has 1 aromatic rings. The average Bonchev–Trinajstić information content (AvgIpc) is 2.95. The summed E-state index contributed by atoms with van der Waals surface area (Å²) in [6, 6.07) is 4.89. The summed E-state index contributed by atoms with van der Waals surface area (Å²) in [6.45, 7) is 1.94. The van der Waals surface area contributed by atoms with E-state index in [0.717, 1.165) is 13.8 Å². The summed E-state index contributed by atoms with van der Waals surface area (Å²) in [5.74, 6) is -4.19. The van der Waals surface area contributed by atoms with Crippen molar-refractivity contribution in [1.29, 1.82) is 0 Å². The standard InChI is InChI=1S/C19H24FN3O6/c1-11(24)17(27)29-19(2,23-15(25)9-14(16(23)26)22(3)4)18(28)21-10-12-7-5-6-8-13(12)20/h5-8,11,14,24H,9-10H2,1-4H3,(H,21,28)/t11?,14-,19-/m0/s1. The zero-order chi connectivity index (χ0) is 21.9. The Morgan fingerprint density at radius 3 is 2.52 bits per heavy atom. The van der Waals surface area contributed by atoms with Gasteiger partial charge in [0, 0.05) is 19.0 Å². The Hall–Kier alpha value is -2.85. The first-order valence-electron chi connectivity index (χ1n) is 8.95. The van der Waals surface area contributed by atoms with Gasteiger partial charge in [0.2, 0.25) is 5.91 Å². The second kappa shape index (κ2) is 8.66. The number of ether oxygens (including phenoxy) is 1. The summed E-state index contributed by atoms with van der Waals surface area (Å²) in [4.78, 5) is 52.3. The summed E-state index contributed by atoms with van der Waals surface area (Å²) in [6.07, 6.45) is -1.79. The van der Waals surface area contributed by atoms with Gasteiger partial charge in [-0.3, -0.25) is 19.3 Å². The highest BCUT2D eigenvalue weighted by Crippen LogP contribution is 2.28. The normalized spacial score (nSPS) is 19.8. The second-order valence-corrected chi connectivity index (χ2v) is 7.10. The van der Waals surface area contributed by atoms with Crippen molar-refractivity contribution < 1.29 is 33.4 Å². The van der Waals surface area contributed by atoms with E-state index in [4.69, 9.17) is 4.74 Å². The van der Waals surface area contributed by atoms with E-state index in [1.807, 2.05) is 0 Å². The van der Waals surface area contributed by atoms with Crippen LogP contribution in [-0.2, 0) is 30.5 Å². The lowest BCUT2D eigenvalue weighted by Gasteiger charge is -2.35. The van der Waals surface area contributed by atoms with Crippen molar-refractivity contribution in [3.8, 4) is 0 Å². The van der Waals surface area contributed by atoms with Crippen molar-refractivity contribution in [2.24, 2.45) is 0 Å². The molecule has 10 heteroatoms. The molecule has 9 nitrogen and oxygen atoms in total. The number of aliphatic hydroxyl groups excluding tert-OH is 1. The number of carbonyl (C=O) groups excluding carboxylic acids is 4. The molecule has 1 unspecified atom stereocenters. The largest absolute Gasteiger partial charge is 0.427 e. The van der Waals surface area contributed by atoms with Crippen LogP contribution in [-0.4, -0.2) is 70.6 Å². The van der Waals surface area contributed by atoms with E-state index in [-0.39, 0.29) is 18.5 Å². The minimum Gasteiger partial charge on any atom is -0.427 e. The van der Waals surface area contributed by atoms with Crippen LogP contribution in [0.3, 0.4) is 0 Å². The van der Waals surface area contributed by atoms with Crippen molar-refractivity contribution in [1.82, 2.24) is 15.1 Å². The third-order valence-corrected chi connectivity index (χ3v) is 4.63. The van der Waals surface area contributed by atoms with Gasteiger partial charge in [-0.2, -0.15) is 0 Å². The monoisotopic (exact) mass is 409 g/mol. The Bertz CT molecular complexity index is 828. The molecule has 0 aliphatic carbocycles. The number of likely N-dealkylation sites (N-methyl/N-ethyl adjacent to an activating group) is 1. The Balaban J connectivity index is 2.33. The molecule has 1 aliphatic rings. The number of likely N-dealkylation sites (tertiary alicyclic amines) is 1. The number of amides is 3. The lowest BCUT2D eigenvalue weighted by Crippen LogP contribution is -2.62. The van der Waals surface area contributed by atoms with Crippen LogP contribution in [0, 0.1) is 5.82 Å². The van der Waals surface area contributed by atoms with Gasteiger partial charge in [-0.05, 0) is 27.1 Å². The molecule has 1 fully saturated rings. The molecule has 158 valence electrons. The molecule has 1 saturated heterocycles. The van der Waals surface area contributed by atoms with E-state index in [9.17, 15) is 28.7 Å². The highest BCUT2D eigenvalue weighted by atomic mass is 19.1. The molecule has 0 radical (unpaired) electrons. The van der Waals surface area contributed by atoms with Gasteiger partial charge in [0.05, 0.1) is 12.5 Å². The second-order valence-electron chi connectivity index (χ2n) is 7.10. The maximum atomic E-state index is 13.8. The van der Waals surface area contributed by atoms with Gasteiger partial charge in [0.1, 0.15) is 11.9 Å². The van der Waals surface area contributed by atoms with Crippen LogP contribution in [0.15, 0.2) is 24.3 Å². The summed E-state index contributed by atoms with van der Waals surface area (Å²) >= 11 is 0. The fraction of sp³-hybridized carbons (Fsp3) is 0.474. The zero-order valence-electron chi connectivity index (χ0n) is 16.6. The molecular weight excluding hydrogens is 385 g/mol. The summed E-state index contributed by atoms with van der Waals surface area (Å²) < 4.78 is 18.9. The summed E-state index contributed by atoms with van der Waals surface area (Å²) in [5, 5.41) is 11.9. The number of rotatable bonds is 7. The average molecular weight is 409 g/mol. The van der Waals surface area contributed by atoms with Gasteiger partial charge in [0.25, 0.3) is 17.5 Å². The number of hydrogen-bond acceptors (Lipinski definition) is 7. The number of aliphatic hydroxyl groups is 1. The van der Waals surface area contributed by atoms with Gasteiger partial charge in [0.15, 0.2) is 0 Å². The Kier molecular flexibility index (Phi) is 6.70. The van der Waals surface area contributed by atoms with Crippen LogP contribution in [0.25, 0.3) is 0 Å². The minimum absolute atomic E-state index is 0.162. The molecule has 3 amide bonds. The van der Waals surface area contributed by atoms with Gasteiger partial charge >= 0.3 is 5.97 Å². The topological polar surface area (TPSA) is 116 Å². The quantitative estimate of drug-likeness (QED) is 0.472. The number of halogens is 1. The van der Waals surface area contributed by atoms with Crippen LogP contribution in [0.5, 0.6) is 0 Å². The van der Waals surface area contributed by atoms with E-state index < -0.39 is 47.4 Å². The number of hydrogen-bond donors (Lipinski definition) is 2. The van der Waals surface area contributed by atoms with Crippen molar-refractivity contribution in [3.63, 3.8) is 0 Å². The molecule has 0 aromatic heterocycles. The fourth-order valence-corrected chi connectivity index (χ4v) is 2.92. The Morgan fingerprint density at radius 1 is 1.38 bits per heavy atom. The van der Waals surface area contributed by atoms with Crippen molar-refractivity contribution in [2.45, 2.75) is 44.7 Å². The minimum atomic E-state index is -2.35. The first-order chi connectivity index (χ1) is 13.5. The Morgan fingerprint density at radius 2 is 2.00 bits per heavy atom. The van der Waals surface area contributed by atoms with Gasteiger partial charge in [-0.25, -0.2) is 14.1 Å². The van der Waals surface area contributed by atoms with Crippen molar-refractivity contribution in [3.05, 3.63) is 35.6 Å².